The zero-order valence-corrected chi connectivity index (χ0v) is 11.1. The first-order valence-corrected chi connectivity index (χ1v) is 5.57. The van der Waals surface area contributed by atoms with E-state index in [0.29, 0.717) is 22.9 Å². The molecule has 0 aromatic carbocycles. The monoisotopic (exact) mass is 245 g/mol. The van der Waals surface area contributed by atoms with E-state index in [4.69, 9.17) is 10.00 Å². The maximum Gasteiger partial charge on any atom is 0.236 e. The van der Waals surface area contributed by atoms with Gasteiger partial charge in [0.15, 0.2) is 5.75 Å². The van der Waals surface area contributed by atoms with E-state index in [1.165, 1.54) is 0 Å². The topological polar surface area (TPSA) is 68.7 Å². The van der Waals surface area contributed by atoms with Crippen LogP contribution in [0.25, 0.3) is 0 Å². The summed E-state index contributed by atoms with van der Waals surface area (Å²) in [5.41, 5.74) is 2.82. The molecule has 0 N–H and O–H groups in total. The minimum absolute atomic E-state index is 0.453. The number of rotatable bonds is 2. The van der Waals surface area contributed by atoms with Crippen molar-refractivity contribution in [2.45, 2.75) is 20.8 Å². The molecule has 0 atom stereocenters. The van der Waals surface area contributed by atoms with Gasteiger partial charge in [-0.15, -0.1) is 0 Å². The molecule has 2 aromatic rings. The molecule has 2 aromatic heterocycles. The van der Waals surface area contributed by atoms with Crippen LogP contribution in [-0.4, -0.2) is 19.6 Å². The molecule has 0 bridgehead atoms. The molecule has 0 aliphatic rings. The van der Waals surface area contributed by atoms with Gasteiger partial charge in [0.05, 0.1) is 11.4 Å². The zero-order chi connectivity index (χ0) is 13.4. The fourth-order valence-corrected chi connectivity index (χ4v) is 1.88. The maximum atomic E-state index is 9.13. The summed E-state index contributed by atoms with van der Waals surface area (Å²) < 4.78 is 9.15. The van der Waals surface area contributed by atoms with Crippen LogP contribution in [0.15, 0.2) is 0 Å². The first kappa shape index (κ1) is 12.2. The normalized spacial score (nSPS) is 10.4. The zero-order valence-electron chi connectivity index (χ0n) is 11.1. The lowest BCUT2D eigenvalue weighted by Crippen LogP contribution is -1.98. The van der Waals surface area contributed by atoms with Crippen molar-refractivity contribution in [2.75, 3.05) is 0 Å². The van der Waals surface area contributed by atoms with Gasteiger partial charge in [0.25, 0.3) is 0 Å². The van der Waals surface area contributed by atoms with Crippen LogP contribution in [0.1, 0.15) is 22.6 Å². The summed E-state index contributed by atoms with van der Waals surface area (Å²) in [6.45, 7) is 5.58. The summed E-state index contributed by atoms with van der Waals surface area (Å²) in [5, 5.41) is 17.6. The maximum absolute atomic E-state index is 9.13. The fourth-order valence-electron chi connectivity index (χ4n) is 1.88. The Morgan fingerprint density at radius 1 is 1.06 bits per heavy atom. The first-order valence-electron chi connectivity index (χ1n) is 5.57. The molecule has 2 heterocycles. The van der Waals surface area contributed by atoms with Gasteiger partial charge in [-0.25, -0.2) is 4.68 Å². The summed E-state index contributed by atoms with van der Waals surface area (Å²) in [4.78, 5) is 0. The molecule has 0 spiro atoms. The van der Waals surface area contributed by atoms with Crippen molar-refractivity contribution in [3.05, 3.63) is 22.6 Å². The van der Waals surface area contributed by atoms with E-state index in [9.17, 15) is 0 Å². The Labute approximate surface area is 105 Å². The van der Waals surface area contributed by atoms with Gasteiger partial charge in [0, 0.05) is 14.1 Å². The largest absolute Gasteiger partial charge is 0.434 e. The quantitative estimate of drug-likeness (QED) is 0.808. The van der Waals surface area contributed by atoms with Crippen LogP contribution in [0.3, 0.4) is 0 Å². The van der Waals surface area contributed by atoms with E-state index in [0.717, 1.165) is 11.4 Å². The van der Waals surface area contributed by atoms with Gasteiger partial charge in [-0.2, -0.15) is 15.5 Å². The SMILES string of the molecule is Cc1nn(C)c(Oc2c(C)nn(C)c2C)c1C#N. The third-order valence-corrected chi connectivity index (χ3v) is 2.92. The third-order valence-electron chi connectivity index (χ3n) is 2.92. The van der Waals surface area contributed by atoms with Gasteiger partial charge in [-0.05, 0) is 20.8 Å². The van der Waals surface area contributed by atoms with E-state index in [2.05, 4.69) is 16.3 Å². The summed E-state index contributed by atoms with van der Waals surface area (Å²) in [5.74, 6) is 1.13. The van der Waals surface area contributed by atoms with Crippen LogP contribution >= 0.6 is 0 Å². The van der Waals surface area contributed by atoms with Crippen LogP contribution in [0.5, 0.6) is 11.6 Å². The highest BCUT2D eigenvalue weighted by molar-refractivity contribution is 5.45. The van der Waals surface area contributed by atoms with Crippen molar-refractivity contribution in [3.63, 3.8) is 0 Å². The number of nitriles is 1. The lowest BCUT2D eigenvalue weighted by Gasteiger charge is -2.06. The first-order chi connectivity index (χ1) is 8.45. The third kappa shape index (κ3) is 1.74. The molecule has 0 amide bonds. The summed E-state index contributed by atoms with van der Waals surface area (Å²) >= 11 is 0. The van der Waals surface area contributed by atoms with Gasteiger partial charge in [0.1, 0.15) is 17.3 Å². The van der Waals surface area contributed by atoms with Crippen molar-refractivity contribution >= 4 is 0 Å². The second-order valence-corrected chi connectivity index (χ2v) is 4.23. The van der Waals surface area contributed by atoms with Gasteiger partial charge in [-0.1, -0.05) is 0 Å². The van der Waals surface area contributed by atoms with Crippen LogP contribution in [0.4, 0.5) is 0 Å². The Morgan fingerprint density at radius 2 is 1.67 bits per heavy atom. The van der Waals surface area contributed by atoms with Gasteiger partial charge in [-0.3, -0.25) is 4.68 Å². The van der Waals surface area contributed by atoms with E-state index < -0.39 is 0 Å². The van der Waals surface area contributed by atoms with Crippen LogP contribution < -0.4 is 4.74 Å². The number of aryl methyl sites for hydroxylation is 4. The molecule has 0 aliphatic carbocycles. The molecular weight excluding hydrogens is 230 g/mol. The summed E-state index contributed by atoms with van der Waals surface area (Å²) in [7, 11) is 3.61. The average Bonchev–Trinajstić information content (AvgIpc) is 2.70. The molecule has 6 nitrogen and oxygen atoms in total. The molecule has 0 saturated carbocycles. The fraction of sp³-hybridized carbons (Fsp3) is 0.417. The van der Waals surface area contributed by atoms with Crippen LogP contribution in [-0.2, 0) is 14.1 Å². The van der Waals surface area contributed by atoms with Crippen LogP contribution in [0.2, 0.25) is 0 Å². The molecule has 0 radical (unpaired) electrons. The van der Waals surface area contributed by atoms with Gasteiger partial charge >= 0.3 is 0 Å². The van der Waals surface area contributed by atoms with Crippen LogP contribution in [0, 0.1) is 32.1 Å². The van der Waals surface area contributed by atoms with E-state index >= 15 is 0 Å². The van der Waals surface area contributed by atoms with Gasteiger partial charge < -0.3 is 4.74 Å². The average molecular weight is 245 g/mol. The Kier molecular flexibility index (Phi) is 2.83. The smallest absolute Gasteiger partial charge is 0.236 e. The minimum Gasteiger partial charge on any atom is -0.434 e. The van der Waals surface area contributed by atoms with E-state index in [1.54, 1.807) is 23.3 Å². The minimum atomic E-state index is 0.453. The van der Waals surface area contributed by atoms with Crippen molar-refractivity contribution in [2.24, 2.45) is 14.1 Å². The number of ether oxygens (including phenoxy) is 1. The number of hydrogen-bond donors (Lipinski definition) is 0. The molecule has 0 fully saturated rings. The standard InChI is InChI=1S/C12H15N5O/c1-7-10(6-13)12(17(5)14-7)18-11-8(2)15-16(4)9(11)3/h1-5H3. The summed E-state index contributed by atoms with van der Waals surface area (Å²) in [6, 6.07) is 2.12. The lowest BCUT2D eigenvalue weighted by molar-refractivity contribution is 0.423. The Morgan fingerprint density at radius 3 is 2.17 bits per heavy atom. The number of nitrogens with zero attached hydrogens (tertiary/aromatic N) is 5. The molecule has 0 saturated heterocycles. The molecule has 94 valence electrons. The summed E-state index contributed by atoms with van der Waals surface area (Å²) in [6.07, 6.45) is 0. The van der Waals surface area contributed by atoms with Gasteiger partial charge in [0.2, 0.25) is 5.88 Å². The Hall–Kier alpha value is -2.29. The molecular formula is C12H15N5O. The Balaban J connectivity index is 2.50. The lowest BCUT2D eigenvalue weighted by atomic mass is 10.3. The second kappa shape index (κ2) is 4.18. The molecule has 6 heteroatoms. The van der Waals surface area contributed by atoms with E-state index in [-0.39, 0.29) is 0 Å². The predicted molar refractivity (Wildman–Crippen MR) is 65.4 cm³/mol. The molecule has 18 heavy (non-hydrogen) atoms. The highest BCUT2D eigenvalue weighted by atomic mass is 16.5. The Bertz CT molecular complexity index is 644. The molecule has 0 unspecified atom stereocenters. The van der Waals surface area contributed by atoms with Crippen molar-refractivity contribution in [1.82, 2.24) is 19.6 Å². The predicted octanol–water partition coefficient (Wildman–Crippen LogP) is 1.74. The molecule has 0 aliphatic heterocycles. The van der Waals surface area contributed by atoms with E-state index in [1.807, 2.05) is 20.9 Å². The second-order valence-electron chi connectivity index (χ2n) is 4.23. The highest BCUT2D eigenvalue weighted by Gasteiger charge is 2.19. The number of hydrogen-bond acceptors (Lipinski definition) is 4. The van der Waals surface area contributed by atoms with Crippen molar-refractivity contribution in [1.29, 1.82) is 5.26 Å². The molecule has 2 rings (SSSR count). The van der Waals surface area contributed by atoms with Crippen molar-refractivity contribution < 1.29 is 4.74 Å². The van der Waals surface area contributed by atoms with Crippen molar-refractivity contribution in [3.8, 4) is 17.7 Å². The number of aromatic nitrogens is 4. The highest BCUT2D eigenvalue weighted by Crippen LogP contribution is 2.30.